The van der Waals surface area contributed by atoms with Gasteiger partial charge in [0.25, 0.3) is 0 Å². The zero-order chi connectivity index (χ0) is 17.0. The van der Waals surface area contributed by atoms with Gasteiger partial charge in [0.2, 0.25) is 0 Å². The molecular formula is C16H26N2O3S. The van der Waals surface area contributed by atoms with Gasteiger partial charge in [0.1, 0.15) is 0 Å². The van der Waals surface area contributed by atoms with Crippen LogP contribution in [0.4, 0.5) is 4.79 Å². The summed E-state index contributed by atoms with van der Waals surface area (Å²) in [6, 6.07) is 5.43. The summed E-state index contributed by atoms with van der Waals surface area (Å²) >= 11 is 0. The molecule has 0 radical (unpaired) electrons. The number of urea groups is 1. The average molecular weight is 326 g/mol. The maximum absolute atomic E-state index is 12.2. The van der Waals surface area contributed by atoms with Gasteiger partial charge in [0, 0.05) is 12.1 Å². The Hall–Kier alpha value is -1.56. The van der Waals surface area contributed by atoms with Gasteiger partial charge < -0.3 is 10.6 Å². The van der Waals surface area contributed by atoms with Crippen molar-refractivity contribution in [3.05, 3.63) is 34.9 Å². The summed E-state index contributed by atoms with van der Waals surface area (Å²) < 4.78 is 24.3. The Labute approximate surface area is 133 Å². The number of rotatable bonds is 5. The van der Waals surface area contributed by atoms with Crippen LogP contribution in [0.3, 0.4) is 0 Å². The van der Waals surface area contributed by atoms with E-state index >= 15 is 0 Å². The van der Waals surface area contributed by atoms with Crippen molar-refractivity contribution in [2.24, 2.45) is 0 Å². The molecule has 1 aromatic rings. The van der Waals surface area contributed by atoms with Crippen molar-refractivity contribution in [1.29, 1.82) is 0 Å². The predicted molar refractivity (Wildman–Crippen MR) is 89.7 cm³/mol. The highest BCUT2D eigenvalue weighted by Crippen LogP contribution is 2.14. The Kier molecular flexibility index (Phi) is 6.00. The number of carbonyl (C=O) groups excluding carboxylic acids is 1. The first-order valence-electron chi connectivity index (χ1n) is 7.31. The van der Waals surface area contributed by atoms with Gasteiger partial charge in [-0.3, -0.25) is 0 Å². The summed E-state index contributed by atoms with van der Waals surface area (Å²) in [7, 11) is -3.26. The molecule has 1 rings (SSSR count). The van der Waals surface area contributed by atoms with Crippen LogP contribution in [0.1, 0.15) is 37.5 Å². The van der Waals surface area contributed by atoms with Crippen molar-refractivity contribution in [3.8, 4) is 0 Å². The van der Waals surface area contributed by atoms with Crippen LogP contribution in [0.15, 0.2) is 18.2 Å². The van der Waals surface area contributed by atoms with Gasteiger partial charge in [-0.25, -0.2) is 13.2 Å². The molecule has 0 aromatic heterocycles. The quantitative estimate of drug-likeness (QED) is 0.872. The number of nitrogens with one attached hydrogen (secondary N) is 2. The van der Waals surface area contributed by atoms with Crippen molar-refractivity contribution in [3.63, 3.8) is 0 Å². The van der Waals surface area contributed by atoms with Gasteiger partial charge in [0.15, 0.2) is 9.84 Å². The molecule has 1 aromatic carbocycles. The lowest BCUT2D eigenvalue weighted by Crippen LogP contribution is -2.47. The van der Waals surface area contributed by atoms with Crippen molar-refractivity contribution in [2.45, 2.75) is 45.9 Å². The molecule has 2 N–H and O–H groups in total. The first-order chi connectivity index (χ1) is 9.98. The minimum Gasteiger partial charge on any atom is -0.337 e. The average Bonchev–Trinajstić information content (AvgIpc) is 2.30. The van der Waals surface area contributed by atoms with E-state index in [1.807, 2.05) is 52.8 Å². The zero-order valence-electron chi connectivity index (χ0n) is 14.0. The van der Waals surface area contributed by atoms with Crippen molar-refractivity contribution in [2.75, 3.05) is 12.3 Å². The monoisotopic (exact) mass is 326 g/mol. The van der Waals surface area contributed by atoms with Crippen LogP contribution in [-0.2, 0) is 15.6 Å². The minimum atomic E-state index is -3.26. The molecule has 124 valence electrons. The largest absolute Gasteiger partial charge is 0.337 e. The lowest BCUT2D eigenvalue weighted by Gasteiger charge is -2.20. The second-order valence-electron chi connectivity index (χ2n) is 6.65. The third-order valence-corrected chi connectivity index (χ3v) is 4.64. The number of carbonyl (C=O) groups is 1. The summed E-state index contributed by atoms with van der Waals surface area (Å²) in [5, 5.41) is 5.30. The molecule has 2 amide bonds. The molecule has 0 aliphatic heterocycles. The van der Waals surface area contributed by atoms with Crippen molar-refractivity contribution in [1.82, 2.24) is 10.6 Å². The molecule has 22 heavy (non-hydrogen) atoms. The Morgan fingerprint density at radius 2 is 1.82 bits per heavy atom. The number of sulfone groups is 1. The molecule has 0 saturated carbocycles. The van der Waals surface area contributed by atoms with Gasteiger partial charge in [-0.05, 0) is 45.7 Å². The van der Waals surface area contributed by atoms with E-state index in [1.165, 1.54) is 0 Å². The van der Waals surface area contributed by atoms with E-state index in [9.17, 15) is 13.2 Å². The highest BCUT2D eigenvalue weighted by Gasteiger charge is 2.16. The third kappa shape index (κ3) is 6.93. The summed E-state index contributed by atoms with van der Waals surface area (Å²) in [6.45, 7) is 9.54. The normalized spacial score (nSPS) is 12.0. The van der Waals surface area contributed by atoms with Gasteiger partial charge in [0.05, 0.1) is 11.5 Å². The van der Waals surface area contributed by atoms with Gasteiger partial charge >= 0.3 is 6.03 Å². The number of benzene rings is 1. The summed E-state index contributed by atoms with van der Waals surface area (Å²) in [5.74, 6) is -0.0684. The maximum atomic E-state index is 12.2. The lowest BCUT2D eigenvalue weighted by molar-refractivity contribution is 0.232. The van der Waals surface area contributed by atoms with Crippen LogP contribution in [0.2, 0.25) is 0 Å². The van der Waals surface area contributed by atoms with Crippen LogP contribution < -0.4 is 10.6 Å². The fraction of sp³-hybridized carbons (Fsp3) is 0.562. The first kappa shape index (κ1) is 18.5. The molecule has 0 heterocycles. The summed E-state index contributed by atoms with van der Waals surface area (Å²) in [5.41, 5.74) is 2.48. The highest BCUT2D eigenvalue weighted by atomic mass is 32.2. The summed E-state index contributed by atoms with van der Waals surface area (Å²) in [6.07, 6.45) is 0. The Morgan fingerprint density at radius 1 is 1.18 bits per heavy atom. The van der Waals surface area contributed by atoms with E-state index in [0.29, 0.717) is 0 Å². The van der Waals surface area contributed by atoms with Crippen molar-refractivity contribution < 1.29 is 13.2 Å². The van der Waals surface area contributed by atoms with Crippen LogP contribution >= 0.6 is 0 Å². The molecule has 6 heteroatoms. The van der Waals surface area contributed by atoms with Crippen LogP contribution in [0.25, 0.3) is 0 Å². The van der Waals surface area contributed by atoms with Crippen molar-refractivity contribution >= 4 is 15.9 Å². The van der Waals surface area contributed by atoms with Crippen LogP contribution in [0.5, 0.6) is 0 Å². The molecule has 0 spiro atoms. The van der Waals surface area contributed by atoms with E-state index < -0.39 is 9.84 Å². The molecular weight excluding hydrogens is 300 g/mol. The molecule has 5 nitrogen and oxygen atoms in total. The van der Waals surface area contributed by atoms with E-state index in [-0.39, 0.29) is 29.6 Å². The molecule has 0 unspecified atom stereocenters. The van der Waals surface area contributed by atoms with Crippen LogP contribution in [0, 0.1) is 13.8 Å². The van der Waals surface area contributed by atoms with Gasteiger partial charge in [-0.15, -0.1) is 0 Å². The Bertz CT molecular complexity index is 631. The van der Waals surface area contributed by atoms with E-state index in [1.54, 1.807) is 0 Å². The van der Waals surface area contributed by atoms with Crippen LogP contribution in [-0.4, -0.2) is 32.3 Å². The maximum Gasteiger partial charge on any atom is 0.315 e. The third-order valence-electron chi connectivity index (χ3n) is 3.07. The van der Waals surface area contributed by atoms with E-state index in [0.717, 1.165) is 16.7 Å². The second kappa shape index (κ2) is 7.13. The van der Waals surface area contributed by atoms with Gasteiger partial charge in [-0.2, -0.15) is 0 Å². The lowest BCUT2D eigenvalue weighted by atomic mass is 10.1. The standard InChI is InChI=1S/C16H26N2O3S/c1-12-6-7-13(2)14(10-12)11-22(20,21)9-8-17-15(19)18-16(3,4)5/h6-7,10H,8-9,11H2,1-5H3,(H2,17,18,19). The molecule has 0 aliphatic carbocycles. The molecule has 0 aliphatic rings. The number of amides is 2. The highest BCUT2D eigenvalue weighted by molar-refractivity contribution is 7.90. The number of aryl methyl sites for hydroxylation is 2. The van der Waals surface area contributed by atoms with E-state index in [4.69, 9.17) is 0 Å². The number of hydrogen-bond acceptors (Lipinski definition) is 3. The molecule has 0 saturated heterocycles. The Balaban J connectivity index is 2.55. The van der Waals surface area contributed by atoms with Gasteiger partial charge in [-0.1, -0.05) is 23.8 Å². The fourth-order valence-corrected chi connectivity index (χ4v) is 3.31. The molecule has 0 fully saturated rings. The predicted octanol–water partition coefficient (Wildman–Crippen LogP) is 2.32. The fourth-order valence-electron chi connectivity index (χ4n) is 1.97. The smallest absolute Gasteiger partial charge is 0.315 e. The zero-order valence-corrected chi connectivity index (χ0v) is 14.8. The summed E-state index contributed by atoms with van der Waals surface area (Å²) in [4.78, 5) is 11.6. The van der Waals surface area contributed by atoms with E-state index in [2.05, 4.69) is 10.6 Å². The molecule has 0 bridgehead atoms. The first-order valence-corrected chi connectivity index (χ1v) is 9.13. The Morgan fingerprint density at radius 3 is 2.41 bits per heavy atom. The number of hydrogen-bond donors (Lipinski definition) is 2. The second-order valence-corrected chi connectivity index (χ2v) is 8.84. The topological polar surface area (TPSA) is 75.3 Å². The molecule has 0 atom stereocenters. The SMILES string of the molecule is Cc1ccc(C)c(CS(=O)(=O)CCNC(=O)NC(C)(C)C)c1. The minimum absolute atomic E-state index is 0.00306.